The predicted octanol–water partition coefficient (Wildman–Crippen LogP) is 2.39. The monoisotopic (exact) mass is 361 g/mol. The standard InChI is InChI=1S/C13H16BrNO4S/c1-7-3-9(7)6-15-20(18,19)10-4-11(13(16)17)8(2)12(14)5-10/h4-5,7,9,15H,3,6H2,1-2H3,(H,16,17). The van der Waals surface area contributed by atoms with Crippen LogP contribution >= 0.6 is 15.9 Å². The first-order valence-corrected chi connectivity index (χ1v) is 8.53. The van der Waals surface area contributed by atoms with Gasteiger partial charge in [0.15, 0.2) is 0 Å². The van der Waals surface area contributed by atoms with E-state index in [0.717, 1.165) is 6.42 Å². The van der Waals surface area contributed by atoms with E-state index in [1.807, 2.05) is 0 Å². The molecule has 2 atom stereocenters. The lowest BCUT2D eigenvalue weighted by atomic mass is 10.1. The summed E-state index contributed by atoms with van der Waals surface area (Å²) in [4.78, 5) is 11.1. The molecule has 0 bridgehead atoms. The maximum atomic E-state index is 12.2. The van der Waals surface area contributed by atoms with Crippen LogP contribution in [0.15, 0.2) is 21.5 Å². The molecule has 1 saturated carbocycles. The summed E-state index contributed by atoms with van der Waals surface area (Å²) in [6.45, 7) is 4.10. The van der Waals surface area contributed by atoms with Crippen LogP contribution in [0.4, 0.5) is 0 Å². The minimum absolute atomic E-state index is 0.0143. The number of carboxylic acids is 1. The number of carboxylic acid groups (broad SMARTS) is 1. The first-order chi connectivity index (χ1) is 9.22. The Balaban J connectivity index is 2.29. The molecule has 0 amide bonds. The van der Waals surface area contributed by atoms with Gasteiger partial charge >= 0.3 is 5.97 Å². The molecule has 2 N–H and O–H groups in total. The molecule has 110 valence electrons. The van der Waals surface area contributed by atoms with Crippen molar-refractivity contribution in [2.45, 2.75) is 25.2 Å². The Hall–Kier alpha value is -0.920. The van der Waals surface area contributed by atoms with E-state index in [4.69, 9.17) is 5.11 Å². The van der Waals surface area contributed by atoms with Gasteiger partial charge in [0.1, 0.15) is 0 Å². The minimum Gasteiger partial charge on any atom is -0.478 e. The Morgan fingerprint density at radius 2 is 2.10 bits per heavy atom. The van der Waals surface area contributed by atoms with Gasteiger partial charge in [0.05, 0.1) is 10.5 Å². The molecular formula is C13H16BrNO4S. The van der Waals surface area contributed by atoms with Crippen molar-refractivity contribution in [3.63, 3.8) is 0 Å². The van der Waals surface area contributed by atoms with Crippen molar-refractivity contribution in [1.82, 2.24) is 4.72 Å². The Labute approximate surface area is 126 Å². The molecule has 1 aromatic carbocycles. The van der Waals surface area contributed by atoms with Gasteiger partial charge in [-0.15, -0.1) is 0 Å². The fourth-order valence-corrected chi connectivity index (χ4v) is 3.77. The molecule has 2 unspecified atom stereocenters. The number of carbonyl (C=O) groups is 1. The number of sulfonamides is 1. The quantitative estimate of drug-likeness (QED) is 0.843. The Morgan fingerprint density at radius 3 is 2.60 bits per heavy atom. The lowest BCUT2D eigenvalue weighted by Gasteiger charge is -2.10. The third-order valence-corrected chi connectivity index (χ3v) is 5.90. The summed E-state index contributed by atoms with van der Waals surface area (Å²) < 4.78 is 27.4. The van der Waals surface area contributed by atoms with Crippen LogP contribution in [0, 0.1) is 18.8 Å². The number of hydrogen-bond donors (Lipinski definition) is 2. The van der Waals surface area contributed by atoms with Crippen molar-refractivity contribution < 1.29 is 18.3 Å². The highest BCUT2D eigenvalue weighted by Crippen LogP contribution is 2.37. The SMILES string of the molecule is Cc1c(Br)cc(S(=O)(=O)NCC2CC2C)cc1C(=O)O. The normalized spacial score (nSPS) is 21.8. The second kappa shape index (κ2) is 5.46. The van der Waals surface area contributed by atoms with E-state index in [0.29, 0.717) is 28.4 Å². The van der Waals surface area contributed by atoms with Crippen LogP contribution in [0.5, 0.6) is 0 Å². The van der Waals surface area contributed by atoms with Crippen molar-refractivity contribution in [2.24, 2.45) is 11.8 Å². The van der Waals surface area contributed by atoms with Crippen molar-refractivity contribution in [2.75, 3.05) is 6.54 Å². The number of rotatable bonds is 5. The third kappa shape index (κ3) is 3.21. The van der Waals surface area contributed by atoms with E-state index >= 15 is 0 Å². The number of nitrogens with one attached hydrogen (secondary N) is 1. The molecule has 5 nitrogen and oxygen atoms in total. The Kier molecular flexibility index (Phi) is 4.22. The zero-order chi connectivity index (χ0) is 15.1. The highest BCUT2D eigenvalue weighted by atomic mass is 79.9. The number of aromatic carboxylic acids is 1. The molecule has 2 rings (SSSR count). The van der Waals surface area contributed by atoms with Crippen LogP contribution in [0.25, 0.3) is 0 Å². The van der Waals surface area contributed by atoms with Crippen molar-refractivity contribution in [3.8, 4) is 0 Å². The van der Waals surface area contributed by atoms with Crippen LogP contribution in [-0.4, -0.2) is 26.0 Å². The molecule has 0 radical (unpaired) electrons. The second-order valence-corrected chi connectivity index (χ2v) is 7.83. The molecule has 20 heavy (non-hydrogen) atoms. The fourth-order valence-electron chi connectivity index (χ4n) is 2.01. The number of halogens is 1. The smallest absolute Gasteiger partial charge is 0.336 e. The van der Waals surface area contributed by atoms with E-state index in [9.17, 15) is 13.2 Å². The molecule has 0 spiro atoms. The van der Waals surface area contributed by atoms with E-state index in [2.05, 4.69) is 27.6 Å². The fraction of sp³-hybridized carbons (Fsp3) is 0.462. The van der Waals surface area contributed by atoms with Gasteiger partial charge in [0.25, 0.3) is 0 Å². The summed E-state index contributed by atoms with van der Waals surface area (Å²) in [6, 6.07) is 2.63. The van der Waals surface area contributed by atoms with Gasteiger partial charge in [-0.3, -0.25) is 0 Å². The molecule has 1 aromatic rings. The summed E-state index contributed by atoms with van der Waals surface area (Å²) in [7, 11) is -3.68. The maximum Gasteiger partial charge on any atom is 0.336 e. The van der Waals surface area contributed by atoms with Gasteiger partial charge in [0.2, 0.25) is 10.0 Å². The van der Waals surface area contributed by atoms with E-state index in [1.165, 1.54) is 12.1 Å². The maximum absolute atomic E-state index is 12.2. The predicted molar refractivity (Wildman–Crippen MR) is 78.3 cm³/mol. The summed E-state index contributed by atoms with van der Waals surface area (Å²) in [5, 5.41) is 9.11. The van der Waals surface area contributed by atoms with Crippen molar-refractivity contribution >= 4 is 31.9 Å². The summed E-state index contributed by atoms with van der Waals surface area (Å²) in [6.07, 6.45) is 1.03. The minimum atomic E-state index is -3.68. The van der Waals surface area contributed by atoms with Gasteiger partial charge in [-0.2, -0.15) is 0 Å². The van der Waals surface area contributed by atoms with Crippen LogP contribution in [0.1, 0.15) is 29.3 Å². The molecular weight excluding hydrogens is 346 g/mol. The molecule has 0 saturated heterocycles. The van der Waals surface area contributed by atoms with Crippen LogP contribution < -0.4 is 4.72 Å². The summed E-state index contributed by atoms with van der Waals surface area (Å²) >= 11 is 3.20. The van der Waals surface area contributed by atoms with Gasteiger partial charge in [-0.1, -0.05) is 22.9 Å². The largest absolute Gasteiger partial charge is 0.478 e. The van der Waals surface area contributed by atoms with Crippen LogP contribution in [-0.2, 0) is 10.0 Å². The van der Waals surface area contributed by atoms with E-state index < -0.39 is 16.0 Å². The van der Waals surface area contributed by atoms with Crippen molar-refractivity contribution in [1.29, 1.82) is 0 Å². The highest BCUT2D eigenvalue weighted by Gasteiger charge is 2.33. The van der Waals surface area contributed by atoms with Gasteiger partial charge < -0.3 is 5.11 Å². The first-order valence-electron chi connectivity index (χ1n) is 6.25. The lowest BCUT2D eigenvalue weighted by molar-refractivity contribution is 0.0695. The van der Waals surface area contributed by atoms with Crippen LogP contribution in [0.3, 0.4) is 0 Å². The average molecular weight is 362 g/mol. The second-order valence-electron chi connectivity index (χ2n) is 5.21. The first kappa shape index (κ1) is 15.5. The van der Waals surface area contributed by atoms with Gasteiger partial charge in [0, 0.05) is 11.0 Å². The highest BCUT2D eigenvalue weighted by molar-refractivity contribution is 9.10. The van der Waals surface area contributed by atoms with Gasteiger partial charge in [-0.05, 0) is 42.9 Å². The molecule has 7 heteroatoms. The number of benzene rings is 1. The molecule has 0 aliphatic heterocycles. The lowest BCUT2D eigenvalue weighted by Crippen LogP contribution is -2.26. The van der Waals surface area contributed by atoms with Crippen LogP contribution in [0.2, 0.25) is 0 Å². The molecule has 1 aliphatic rings. The topological polar surface area (TPSA) is 83.5 Å². The van der Waals surface area contributed by atoms with E-state index in [1.54, 1.807) is 6.92 Å². The Bertz CT molecular complexity index is 657. The molecule has 1 fully saturated rings. The zero-order valence-corrected chi connectivity index (χ0v) is 13.6. The van der Waals surface area contributed by atoms with Gasteiger partial charge in [-0.25, -0.2) is 17.9 Å². The van der Waals surface area contributed by atoms with Crippen molar-refractivity contribution in [3.05, 3.63) is 27.7 Å². The zero-order valence-electron chi connectivity index (χ0n) is 11.2. The third-order valence-electron chi connectivity index (χ3n) is 3.67. The number of hydrogen-bond acceptors (Lipinski definition) is 3. The Morgan fingerprint density at radius 1 is 1.50 bits per heavy atom. The molecule has 0 heterocycles. The molecule has 1 aliphatic carbocycles. The average Bonchev–Trinajstić information content (AvgIpc) is 3.06. The summed E-state index contributed by atoms with van der Waals surface area (Å²) in [5.41, 5.74) is 0.492. The van der Waals surface area contributed by atoms with E-state index in [-0.39, 0.29) is 10.5 Å². The molecule has 0 aromatic heterocycles. The summed E-state index contributed by atoms with van der Waals surface area (Å²) in [5.74, 6) is -0.203.